The van der Waals surface area contributed by atoms with Gasteiger partial charge in [-0.3, -0.25) is 23.7 Å². The molecule has 2 heterocycles. The van der Waals surface area contributed by atoms with E-state index in [0.717, 1.165) is 67.0 Å². The molecular weight excluding hydrogens is 1000 g/mol. The van der Waals surface area contributed by atoms with Crippen LogP contribution >= 0.6 is 12.0 Å². The van der Waals surface area contributed by atoms with Gasteiger partial charge in [0.2, 0.25) is 17.5 Å². The fourth-order valence-electron chi connectivity index (χ4n) is 9.48. The highest BCUT2D eigenvalue weighted by Gasteiger charge is 2.46. The Morgan fingerprint density at radius 2 is 1.31 bits per heavy atom. The van der Waals surface area contributed by atoms with Gasteiger partial charge in [-0.15, -0.1) is 4.33 Å². The molecule has 2 atom stereocenters. The van der Waals surface area contributed by atoms with Crippen molar-refractivity contribution in [2.75, 3.05) is 25.1 Å². The summed E-state index contributed by atoms with van der Waals surface area (Å²) in [5.74, 6) is -6.86. The van der Waals surface area contributed by atoms with Gasteiger partial charge in [0.1, 0.15) is 18.6 Å². The molecular formula is C52H57N4O16S2+. The maximum Gasteiger partial charge on any atom is 0.326 e. The second kappa shape index (κ2) is 23.8. The van der Waals surface area contributed by atoms with Crippen molar-refractivity contribution >= 4 is 96.5 Å². The number of allylic oxidation sites excluding steroid dienone is 8. The molecule has 6 rings (SSSR count). The van der Waals surface area contributed by atoms with Crippen LogP contribution in [0.1, 0.15) is 77.3 Å². The first-order valence-electron chi connectivity index (χ1n) is 23.2. The zero-order valence-electron chi connectivity index (χ0n) is 41.1. The van der Waals surface area contributed by atoms with Crippen molar-refractivity contribution in [1.29, 1.82) is 0 Å². The monoisotopic (exact) mass is 1060 g/mol. The maximum atomic E-state index is 12.9. The molecule has 2 aliphatic rings. The molecule has 7 N–H and O–H groups in total. The van der Waals surface area contributed by atoms with E-state index in [2.05, 4.69) is 39.0 Å². The molecule has 0 spiro atoms. The number of amides is 2. The fourth-order valence-corrected chi connectivity index (χ4v) is 10.5. The summed E-state index contributed by atoms with van der Waals surface area (Å²) >= 11 is 0.982. The standard InChI is InChI=1S/C52H56N4O16S2/c1-51(2)41(55(25-11-15-43(57)53-37(49(63)64)29-45(59)60)39-23-17-31-27-33(73-72-71-70-5)19-21-35(31)47(39)51)13-9-7-6-8-10-14-42-52(3,4)48-36-22-20-34(74(67,68)69)28-32(36)18-24-40(48)56(42)26-12-16-44(58)54-38(50(65)66)30-46(61)62/h6-10,13-14,17-24,27-28,37-38H,11-12,15-16,25-26,29-30H2,1-5H3,(H6-,53,54,57,58,59,60,61,62,63,64,65,66,67,68,69)/p+1. The summed E-state index contributed by atoms with van der Waals surface area (Å²) in [6.07, 6.45) is 12.0. The summed E-state index contributed by atoms with van der Waals surface area (Å²) in [6.45, 7) is 8.86. The number of nitrogens with zero attached hydrogens (tertiary/aromatic N) is 2. The summed E-state index contributed by atoms with van der Waals surface area (Å²) in [5.41, 5.74) is 4.09. The molecule has 0 saturated heterocycles. The minimum Gasteiger partial charge on any atom is -0.481 e. The lowest BCUT2D eigenvalue weighted by molar-refractivity contribution is -0.447. The molecule has 0 aliphatic carbocycles. The molecule has 2 aliphatic heterocycles. The number of carboxylic acid groups (broad SMARTS) is 4. The van der Waals surface area contributed by atoms with E-state index in [0.29, 0.717) is 24.9 Å². The number of carbonyl (C=O) groups is 6. The molecule has 20 nitrogen and oxygen atoms in total. The number of nitrogens with one attached hydrogen (secondary N) is 2. The molecule has 2 amide bonds. The molecule has 2 unspecified atom stereocenters. The Balaban J connectivity index is 1.28. The Bertz CT molecular complexity index is 3160. The zero-order valence-corrected chi connectivity index (χ0v) is 42.7. The predicted octanol–water partition coefficient (Wildman–Crippen LogP) is 7.13. The Kier molecular flexibility index (Phi) is 18.0. The second-order valence-electron chi connectivity index (χ2n) is 18.5. The van der Waals surface area contributed by atoms with Gasteiger partial charge < -0.3 is 36.0 Å². The highest BCUT2D eigenvalue weighted by atomic mass is 32.2. The van der Waals surface area contributed by atoms with Gasteiger partial charge >= 0.3 is 23.9 Å². The topological polar surface area (TPSA) is 296 Å². The van der Waals surface area contributed by atoms with Crippen molar-refractivity contribution in [2.24, 2.45) is 0 Å². The number of aliphatic carboxylic acids is 4. The Morgan fingerprint density at radius 1 is 0.730 bits per heavy atom. The third-order valence-electron chi connectivity index (χ3n) is 12.7. The third kappa shape index (κ3) is 13.1. The van der Waals surface area contributed by atoms with Crippen molar-refractivity contribution in [1.82, 2.24) is 10.6 Å². The Labute approximate surface area is 430 Å². The van der Waals surface area contributed by atoms with E-state index in [1.165, 1.54) is 19.2 Å². The lowest BCUT2D eigenvalue weighted by Gasteiger charge is -2.27. The van der Waals surface area contributed by atoms with Crippen molar-refractivity contribution in [2.45, 2.75) is 98.9 Å². The first kappa shape index (κ1) is 56.1. The molecule has 392 valence electrons. The van der Waals surface area contributed by atoms with Crippen molar-refractivity contribution < 1.29 is 81.0 Å². The summed E-state index contributed by atoms with van der Waals surface area (Å²) in [6, 6.07) is 14.6. The van der Waals surface area contributed by atoms with Crippen LogP contribution in [-0.2, 0) is 64.0 Å². The Hall–Kier alpha value is -7.21. The van der Waals surface area contributed by atoms with Gasteiger partial charge in [0.05, 0.1) is 42.3 Å². The molecule has 4 aromatic rings. The molecule has 0 fully saturated rings. The highest BCUT2D eigenvalue weighted by Crippen LogP contribution is 2.51. The number of rotatable bonds is 25. The van der Waals surface area contributed by atoms with Gasteiger partial charge in [-0.2, -0.15) is 13.0 Å². The van der Waals surface area contributed by atoms with Crippen LogP contribution in [0.3, 0.4) is 0 Å². The van der Waals surface area contributed by atoms with E-state index >= 15 is 0 Å². The first-order chi connectivity index (χ1) is 34.9. The zero-order chi connectivity index (χ0) is 54.1. The van der Waals surface area contributed by atoms with Gasteiger partial charge in [0, 0.05) is 65.2 Å². The number of carbonyl (C=O) groups excluding carboxylic acids is 2. The Morgan fingerprint density at radius 3 is 1.93 bits per heavy atom. The summed E-state index contributed by atoms with van der Waals surface area (Å²) in [5, 5.41) is 49.5. The maximum absolute atomic E-state index is 12.9. The fraction of sp³-hybridized carbons (Fsp3) is 0.327. The van der Waals surface area contributed by atoms with Gasteiger partial charge in [-0.1, -0.05) is 67.5 Å². The average molecular weight is 1060 g/mol. The smallest absolute Gasteiger partial charge is 0.326 e. The number of anilines is 1. The minimum atomic E-state index is -4.48. The minimum absolute atomic E-state index is 0.0633. The van der Waals surface area contributed by atoms with Crippen LogP contribution in [0.15, 0.2) is 119 Å². The number of fused-ring (bicyclic) bond motifs is 6. The highest BCUT2D eigenvalue weighted by molar-refractivity contribution is 7.94. The number of benzene rings is 4. The molecule has 74 heavy (non-hydrogen) atoms. The van der Waals surface area contributed by atoms with E-state index in [4.69, 9.17) is 14.5 Å². The van der Waals surface area contributed by atoms with Crippen molar-refractivity contribution in [3.8, 4) is 0 Å². The lowest BCUT2D eigenvalue weighted by atomic mass is 9.79. The lowest BCUT2D eigenvalue weighted by Crippen LogP contribution is -2.42. The van der Waals surface area contributed by atoms with Crippen LogP contribution in [-0.4, -0.2) is 112 Å². The number of hydrogen-bond donors (Lipinski definition) is 7. The second-order valence-corrected chi connectivity index (χ2v) is 20.7. The molecule has 0 saturated carbocycles. The van der Waals surface area contributed by atoms with Gasteiger partial charge in [0.15, 0.2) is 5.71 Å². The molecule has 22 heteroatoms. The van der Waals surface area contributed by atoms with Crippen molar-refractivity contribution in [3.63, 3.8) is 0 Å². The van der Waals surface area contributed by atoms with Crippen molar-refractivity contribution in [3.05, 3.63) is 120 Å². The SMILES string of the molecule is COOOSc1ccc2c3c(ccc2c1)[N+](CCCC(=O)NC(CC(=O)O)C(=O)O)=C(/C=C/C=C/C=C/C=C1/N(CCCC(=O)NC(CC(=O)O)C(=O)O)c2ccc4cc(S(=O)(=O)O)ccc4c2C1(C)C)C3(C)C. The molecule has 0 bridgehead atoms. The average Bonchev–Trinajstić information content (AvgIpc) is 3.67. The normalized spacial score (nSPS) is 16.4. The molecule has 0 radical (unpaired) electrons. The van der Waals surface area contributed by atoms with Crippen LogP contribution in [0.4, 0.5) is 11.4 Å². The first-order valence-corrected chi connectivity index (χ1v) is 25.4. The van der Waals surface area contributed by atoms with Crippen LogP contribution in [0.5, 0.6) is 0 Å². The van der Waals surface area contributed by atoms with Crippen LogP contribution in [0.2, 0.25) is 0 Å². The predicted molar refractivity (Wildman–Crippen MR) is 274 cm³/mol. The van der Waals surface area contributed by atoms with E-state index < -0.39 is 81.6 Å². The summed E-state index contributed by atoms with van der Waals surface area (Å²) < 4.78 is 40.9. The number of hydrogen-bond acceptors (Lipinski definition) is 13. The van der Waals surface area contributed by atoms with Crippen LogP contribution in [0.25, 0.3) is 21.5 Å². The molecule has 4 aromatic carbocycles. The van der Waals surface area contributed by atoms with E-state index in [9.17, 15) is 52.0 Å². The van der Waals surface area contributed by atoms with Gasteiger partial charge in [-0.05, 0) is 89.9 Å². The molecule has 0 aromatic heterocycles. The quantitative estimate of drug-likeness (QED) is 0.00660. The van der Waals surface area contributed by atoms with Gasteiger partial charge in [0.25, 0.3) is 10.1 Å². The van der Waals surface area contributed by atoms with E-state index in [-0.39, 0.29) is 24.2 Å². The summed E-state index contributed by atoms with van der Waals surface area (Å²) in [4.78, 5) is 78.4. The largest absolute Gasteiger partial charge is 0.481 e. The van der Waals surface area contributed by atoms with Crippen LogP contribution in [0, 0.1) is 0 Å². The van der Waals surface area contributed by atoms with E-state index in [1.54, 1.807) is 12.1 Å². The summed E-state index contributed by atoms with van der Waals surface area (Å²) in [7, 11) is -3.16. The van der Waals surface area contributed by atoms with Gasteiger partial charge in [-0.25, -0.2) is 14.5 Å². The third-order valence-corrected chi connectivity index (χ3v) is 14.1. The van der Waals surface area contributed by atoms with Crippen LogP contribution < -0.4 is 15.5 Å². The van der Waals surface area contributed by atoms with E-state index in [1.807, 2.05) is 97.7 Å². The number of carboxylic acids is 4.